The van der Waals surface area contributed by atoms with E-state index in [1.165, 1.54) is 0 Å². The van der Waals surface area contributed by atoms with Crippen molar-refractivity contribution in [1.29, 1.82) is 0 Å². The molecule has 5 heteroatoms. The number of esters is 2. The van der Waals surface area contributed by atoms with E-state index in [2.05, 4.69) is 0 Å². The summed E-state index contributed by atoms with van der Waals surface area (Å²) in [6.07, 6.45) is 0.306. The van der Waals surface area contributed by atoms with Gasteiger partial charge < -0.3 is 14.2 Å². The maximum Gasteiger partial charge on any atom is 0.338 e. The molecule has 1 saturated heterocycles. The average Bonchev–Trinajstić information content (AvgIpc) is 3.41. The first-order valence-corrected chi connectivity index (χ1v) is 8.38. The fourth-order valence-electron chi connectivity index (χ4n) is 3.16. The zero-order valence-electron chi connectivity index (χ0n) is 13.5. The third-order valence-corrected chi connectivity index (χ3v) is 4.57. The summed E-state index contributed by atoms with van der Waals surface area (Å²) in [7, 11) is 0. The Kier molecular flexibility index (Phi) is 4.24. The summed E-state index contributed by atoms with van der Waals surface area (Å²) < 4.78 is 16.8. The van der Waals surface area contributed by atoms with Crippen LogP contribution in [0.4, 0.5) is 0 Å². The molecule has 2 aromatic rings. The molecule has 1 aliphatic heterocycles. The van der Waals surface area contributed by atoms with Crippen LogP contribution in [0.5, 0.6) is 0 Å². The summed E-state index contributed by atoms with van der Waals surface area (Å²) in [4.78, 5) is 24.7. The van der Waals surface area contributed by atoms with Crippen molar-refractivity contribution in [3.05, 3.63) is 71.8 Å². The van der Waals surface area contributed by atoms with Gasteiger partial charge in [-0.15, -0.1) is 0 Å². The Labute approximate surface area is 145 Å². The van der Waals surface area contributed by atoms with Crippen LogP contribution in [-0.4, -0.2) is 36.4 Å². The van der Waals surface area contributed by atoms with Crippen LogP contribution in [0.1, 0.15) is 33.6 Å². The van der Waals surface area contributed by atoms with Crippen molar-refractivity contribution < 1.29 is 23.8 Å². The van der Waals surface area contributed by atoms with Gasteiger partial charge in [0.2, 0.25) is 0 Å². The topological polar surface area (TPSA) is 65.1 Å². The Morgan fingerprint density at radius 2 is 1.12 bits per heavy atom. The van der Waals surface area contributed by atoms with Gasteiger partial charge in [-0.2, -0.15) is 0 Å². The van der Waals surface area contributed by atoms with Crippen LogP contribution in [0.2, 0.25) is 0 Å². The molecule has 0 radical (unpaired) electrons. The van der Waals surface area contributed by atoms with Crippen molar-refractivity contribution in [2.24, 2.45) is 0 Å². The molecule has 1 saturated carbocycles. The molecule has 4 atom stereocenters. The SMILES string of the molecule is O=C(O[C@H]1C[C@H]2O[C@H]2C[C@H]1OC(=O)c1ccccc1)c1ccccc1. The maximum atomic E-state index is 12.3. The molecule has 0 spiro atoms. The second-order valence-electron chi connectivity index (χ2n) is 6.30. The van der Waals surface area contributed by atoms with Crippen molar-refractivity contribution in [2.75, 3.05) is 0 Å². The van der Waals surface area contributed by atoms with Crippen molar-refractivity contribution >= 4 is 11.9 Å². The number of epoxide rings is 1. The van der Waals surface area contributed by atoms with Crippen LogP contribution in [0, 0.1) is 0 Å². The zero-order chi connectivity index (χ0) is 17.2. The number of hydrogen-bond acceptors (Lipinski definition) is 5. The Hall–Kier alpha value is -2.66. The van der Waals surface area contributed by atoms with E-state index in [4.69, 9.17) is 14.2 Å². The molecule has 5 nitrogen and oxygen atoms in total. The molecule has 2 aliphatic rings. The van der Waals surface area contributed by atoms with E-state index in [0.717, 1.165) is 0 Å². The molecule has 4 rings (SSSR count). The van der Waals surface area contributed by atoms with E-state index < -0.39 is 24.1 Å². The highest BCUT2D eigenvalue weighted by molar-refractivity contribution is 5.90. The van der Waals surface area contributed by atoms with Crippen molar-refractivity contribution in [3.8, 4) is 0 Å². The minimum absolute atomic E-state index is 0.0975. The molecule has 25 heavy (non-hydrogen) atoms. The maximum absolute atomic E-state index is 12.3. The van der Waals surface area contributed by atoms with Crippen LogP contribution in [-0.2, 0) is 14.2 Å². The van der Waals surface area contributed by atoms with E-state index in [0.29, 0.717) is 24.0 Å². The first-order chi connectivity index (χ1) is 12.2. The fraction of sp³-hybridized carbons (Fsp3) is 0.300. The van der Waals surface area contributed by atoms with Gasteiger partial charge in [-0.1, -0.05) is 36.4 Å². The van der Waals surface area contributed by atoms with E-state index >= 15 is 0 Å². The number of benzene rings is 2. The Morgan fingerprint density at radius 1 is 0.720 bits per heavy atom. The molecule has 2 fully saturated rings. The Morgan fingerprint density at radius 3 is 1.52 bits per heavy atom. The molecule has 128 valence electrons. The van der Waals surface area contributed by atoms with Gasteiger partial charge in [0.25, 0.3) is 0 Å². The summed E-state index contributed by atoms with van der Waals surface area (Å²) in [6, 6.07) is 17.6. The highest BCUT2D eigenvalue weighted by atomic mass is 16.6. The smallest absolute Gasteiger partial charge is 0.338 e. The fourth-order valence-corrected chi connectivity index (χ4v) is 3.16. The van der Waals surface area contributed by atoms with Crippen LogP contribution < -0.4 is 0 Å². The molecular formula is C20H18O5. The summed E-state index contributed by atoms with van der Waals surface area (Å²) in [6.45, 7) is 0. The average molecular weight is 338 g/mol. The van der Waals surface area contributed by atoms with Gasteiger partial charge in [0, 0.05) is 12.8 Å². The van der Waals surface area contributed by atoms with Crippen LogP contribution in [0.15, 0.2) is 60.7 Å². The first-order valence-electron chi connectivity index (χ1n) is 8.38. The summed E-state index contributed by atoms with van der Waals surface area (Å²) in [5, 5.41) is 0. The molecule has 2 aromatic carbocycles. The van der Waals surface area contributed by atoms with Crippen molar-refractivity contribution in [3.63, 3.8) is 0 Å². The van der Waals surface area contributed by atoms with Gasteiger partial charge in [-0.3, -0.25) is 0 Å². The zero-order valence-corrected chi connectivity index (χ0v) is 13.5. The minimum Gasteiger partial charge on any atom is -0.455 e. The highest BCUT2D eigenvalue weighted by Crippen LogP contribution is 2.39. The molecule has 1 aliphatic carbocycles. The Bertz CT molecular complexity index is 693. The lowest BCUT2D eigenvalue weighted by atomic mass is 9.94. The lowest BCUT2D eigenvalue weighted by molar-refractivity contribution is -0.0466. The quantitative estimate of drug-likeness (QED) is 0.633. The summed E-state index contributed by atoms with van der Waals surface area (Å²) in [5.41, 5.74) is 0.962. The van der Waals surface area contributed by atoms with Crippen molar-refractivity contribution in [1.82, 2.24) is 0 Å². The van der Waals surface area contributed by atoms with E-state index in [9.17, 15) is 9.59 Å². The van der Waals surface area contributed by atoms with Crippen LogP contribution in [0.25, 0.3) is 0 Å². The monoisotopic (exact) mass is 338 g/mol. The van der Waals surface area contributed by atoms with E-state index in [1.54, 1.807) is 48.5 Å². The standard InChI is InChI=1S/C20H18O5/c21-19(13-7-3-1-4-8-13)24-17-11-15-16(23-15)12-18(17)25-20(22)14-9-5-2-6-10-14/h1-10,15-18H,11-12H2/t15-,16+,17+,18-. The number of hydrogen-bond donors (Lipinski definition) is 0. The lowest BCUT2D eigenvalue weighted by Gasteiger charge is -2.28. The van der Waals surface area contributed by atoms with Gasteiger partial charge in [0.1, 0.15) is 12.2 Å². The van der Waals surface area contributed by atoms with E-state index in [1.807, 2.05) is 12.1 Å². The van der Waals surface area contributed by atoms with Gasteiger partial charge in [0.05, 0.1) is 23.3 Å². The Balaban J connectivity index is 1.45. The second-order valence-corrected chi connectivity index (χ2v) is 6.30. The minimum atomic E-state index is -0.496. The lowest BCUT2D eigenvalue weighted by Crippen LogP contribution is -2.40. The number of carbonyl (C=O) groups excluding carboxylic acids is 2. The molecule has 1 heterocycles. The van der Waals surface area contributed by atoms with Gasteiger partial charge >= 0.3 is 11.9 Å². The van der Waals surface area contributed by atoms with Crippen LogP contribution in [0.3, 0.4) is 0 Å². The second kappa shape index (κ2) is 6.69. The molecular weight excluding hydrogens is 320 g/mol. The largest absolute Gasteiger partial charge is 0.455 e. The predicted molar refractivity (Wildman–Crippen MR) is 89.2 cm³/mol. The molecule has 0 aromatic heterocycles. The number of fused-ring (bicyclic) bond motifs is 1. The van der Waals surface area contributed by atoms with Gasteiger partial charge in [0.15, 0.2) is 0 Å². The van der Waals surface area contributed by atoms with E-state index in [-0.39, 0.29) is 12.2 Å². The summed E-state index contributed by atoms with van der Waals surface area (Å²) >= 11 is 0. The number of carbonyl (C=O) groups is 2. The molecule has 0 unspecified atom stereocenters. The number of rotatable bonds is 4. The predicted octanol–water partition coefficient (Wildman–Crippen LogP) is 3.00. The molecule has 0 bridgehead atoms. The van der Waals surface area contributed by atoms with Crippen LogP contribution >= 0.6 is 0 Å². The normalized spacial score (nSPS) is 27.0. The van der Waals surface area contributed by atoms with Gasteiger partial charge in [-0.25, -0.2) is 9.59 Å². The molecule has 0 N–H and O–H groups in total. The first kappa shape index (κ1) is 15.8. The van der Waals surface area contributed by atoms with Crippen molar-refractivity contribution in [2.45, 2.75) is 37.3 Å². The third-order valence-electron chi connectivity index (χ3n) is 4.57. The third kappa shape index (κ3) is 3.56. The molecule has 0 amide bonds. The van der Waals surface area contributed by atoms with Gasteiger partial charge in [-0.05, 0) is 24.3 Å². The number of ether oxygens (including phenoxy) is 3. The summed E-state index contributed by atoms with van der Waals surface area (Å²) in [5.74, 6) is -0.823. The highest BCUT2D eigenvalue weighted by Gasteiger charge is 2.51.